The Morgan fingerprint density at radius 2 is 1.83 bits per heavy atom. The summed E-state index contributed by atoms with van der Waals surface area (Å²) in [5.41, 5.74) is 6.61. The summed E-state index contributed by atoms with van der Waals surface area (Å²) in [6.07, 6.45) is 11.8. The number of thioether (sulfide) groups is 1. The molecular weight excluding hydrogens is 300 g/mol. The van der Waals surface area contributed by atoms with Crippen LogP contribution in [0, 0.1) is 10.8 Å². The van der Waals surface area contributed by atoms with Crippen LogP contribution in [0.25, 0.3) is 0 Å². The van der Waals surface area contributed by atoms with Gasteiger partial charge in [-0.3, -0.25) is 0 Å². The highest BCUT2D eigenvalue weighted by atomic mass is 32.2. The van der Waals surface area contributed by atoms with E-state index in [0.717, 1.165) is 31.8 Å². The van der Waals surface area contributed by atoms with E-state index in [1.807, 2.05) is 11.8 Å². The lowest BCUT2D eigenvalue weighted by molar-refractivity contribution is 0.0931. The molecule has 0 unspecified atom stereocenters. The molecule has 3 N–H and O–H groups in total. The summed E-state index contributed by atoms with van der Waals surface area (Å²) in [5.74, 6) is 1.15. The zero-order valence-electron chi connectivity index (χ0n) is 15.9. The SMILES string of the molecule is C=C(CC1(CCC)CCC(C)(C)CC1)SCCNCCCCN. The van der Waals surface area contributed by atoms with Crippen molar-refractivity contribution in [1.29, 1.82) is 0 Å². The van der Waals surface area contributed by atoms with Crippen LogP contribution in [0.3, 0.4) is 0 Å². The normalized spacial score (nSPS) is 19.7. The van der Waals surface area contributed by atoms with Gasteiger partial charge in [0.1, 0.15) is 0 Å². The molecule has 1 rings (SSSR count). The van der Waals surface area contributed by atoms with Crippen LogP contribution >= 0.6 is 11.8 Å². The predicted molar refractivity (Wildman–Crippen MR) is 107 cm³/mol. The number of nitrogens with one attached hydrogen (secondary N) is 1. The van der Waals surface area contributed by atoms with Crippen LogP contribution in [-0.2, 0) is 0 Å². The van der Waals surface area contributed by atoms with Gasteiger partial charge in [-0.25, -0.2) is 0 Å². The average Bonchev–Trinajstić information content (AvgIpc) is 2.50. The molecule has 1 aliphatic carbocycles. The minimum Gasteiger partial charge on any atom is -0.330 e. The quantitative estimate of drug-likeness (QED) is 0.471. The van der Waals surface area contributed by atoms with E-state index in [4.69, 9.17) is 5.73 Å². The van der Waals surface area contributed by atoms with Crippen molar-refractivity contribution in [2.45, 2.75) is 78.6 Å². The van der Waals surface area contributed by atoms with Crippen molar-refractivity contribution in [3.05, 3.63) is 11.5 Å². The maximum atomic E-state index is 5.51. The van der Waals surface area contributed by atoms with Crippen LogP contribution < -0.4 is 11.1 Å². The summed E-state index contributed by atoms with van der Waals surface area (Å²) in [6, 6.07) is 0. The van der Waals surface area contributed by atoms with Crippen LogP contribution in [0.4, 0.5) is 0 Å². The van der Waals surface area contributed by atoms with Crippen LogP contribution in [0.5, 0.6) is 0 Å². The second-order valence-corrected chi connectivity index (χ2v) is 9.50. The van der Waals surface area contributed by atoms with Crippen molar-refractivity contribution in [2.24, 2.45) is 16.6 Å². The first-order valence-electron chi connectivity index (χ1n) is 9.64. The Morgan fingerprint density at radius 3 is 2.43 bits per heavy atom. The van der Waals surface area contributed by atoms with Gasteiger partial charge in [-0.05, 0) is 80.2 Å². The Labute approximate surface area is 149 Å². The predicted octanol–water partition coefficient (Wildman–Crippen LogP) is 5.34. The average molecular weight is 341 g/mol. The number of nitrogens with two attached hydrogens (primary N) is 1. The molecule has 0 bridgehead atoms. The van der Waals surface area contributed by atoms with E-state index in [0.29, 0.717) is 10.8 Å². The maximum absolute atomic E-state index is 5.51. The first kappa shape index (κ1) is 21.1. The highest BCUT2D eigenvalue weighted by molar-refractivity contribution is 8.03. The zero-order chi connectivity index (χ0) is 17.2. The third-order valence-corrected chi connectivity index (χ3v) is 6.37. The fourth-order valence-electron chi connectivity index (χ4n) is 3.76. The third kappa shape index (κ3) is 8.60. The van der Waals surface area contributed by atoms with Gasteiger partial charge in [0.25, 0.3) is 0 Å². The number of hydrogen-bond acceptors (Lipinski definition) is 3. The molecule has 0 amide bonds. The monoisotopic (exact) mass is 340 g/mol. The van der Waals surface area contributed by atoms with Gasteiger partial charge in [0.2, 0.25) is 0 Å². The Hall–Kier alpha value is 0.01000. The smallest absolute Gasteiger partial charge is 0.0102 e. The molecular formula is C20H40N2S. The summed E-state index contributed by atoms with van der Waals surface area (Å²) in [5, 5.41) is 3.51. The largest absolute Gasteiger partial charge is 0.330 e. The van der Waals surface area contributed by atoms with Gasteiger partial charge in [-0.2, -0.15) is 0 Å². The summed E-state index contributed by atoms with van der Waals surface area (Å²) in [7, 11) is 0. The lowest BCUT2D eigenvalue weighted by Crippen LogP contribution is -2.31. The molecule has 0 aromatic heterocycles. The number of rotatable bonds is 12. The van der Waals surface area contributed by atoms with Crippen molar-refractivity contribution in [2.75, 3.05) is 25.4 Å². The summed E-state index contributed by atoms with van der Waals surface area (Å²) in [6.45, 7) is 14.6. The molecule has 0 atom stereocenters. The van der Waals surface area contributed by atoms with E-state index in [-0.39, 0.29) is 0 Å². The van der Waals surface area contributed by atoms with Crippen LogP contribution in [0.1, 0.15) is 78.6 Å². The van der Waals surface area contributed by atoms with Crippen LogP contribution in [-0.4, -0.2) is 25.4 Å². The van der Waals surface area contributed by atoms with E-state index in [1.54, 1.807) is 0 Å². The van der Waals surface area contributed by atoms with E-state index in [9.17, 15) is 0 Å². The lowest BCUT2D eigenvalue weighted by Gasteiger charge is -2.44. The lowest BCUT2D eigenvalue weighted by atomic mass is 9.62. The molecule has 0 saturated heterocycles. The second-order valence-electron chi connectivity index (χ2n) is 8.22. The van der Waals surface area contributed by atoms with E-state index in [1.165, 1.54) is 56.3 Å². The molecule has 0 aromatic carbocycles. The molecule has 0 radical (unpaired) electrons. The summed E-state index contributed by atoms with van der Waals surface area (Å²) in [4.78, 5) is 1.40. The van der Waals surface area contributed by atoms with Gasteiger partial charge in [0, 0.05) is 12.3 Å². The standard InChI is InChI=1S/C20H40N2S/c1-5-8-20(11-9-19(3,4)10-12-20)17-18(2)23-16-15-22-14-7-6-13-21/h22H,2,5-17,21H2,1,3-4H3. The van der Waals surface area contributed by atoms with Crippen LogP contribution in [0.15, 0.2) is 11.5 Å². The molecule has 1 aliphatic rings. The van der Waals surface area contributed by atoms with Crippen molar-refractivity contribution in [3.63, 3.8) is 0 Å². The van der Waals surface area contributed by atoms with Crippen LogP contribution in [0.2, 0.25) is 0 Å². The van der Waals surface area contributed by atoms with Gasteiger partial charge in [-0.15, -0.1) is 11.8 Å². The van der Waals surface area contributed by atoms with E-state index in [2.05, 4.69) is 32.7 Å². The number of unbranched alkanes of at least 4 members (excludes halogenated alkanes) is 1. The Morgan fingerprint density at radius 1 is 1.13 bits per heavy atom. The molecule has 1 saturated carbocycles. The molecule has 0 spiro atoms. The van der Waals surface area contributed by atoms with Crippen molar-refractivity contribution < 1.29 is 0 Å². The fraction of sp³-hybridized carbons (Fsp3) is 0.900. The Bertz CT molecular complexity index is 329. The highest BCUT2D eigenvalue weighted by Crippen LogP contribution is 2.51. The number of allylic oxidation sites excluding steroid dienone is 1. The Kier molecular flexibility index (Phi) is 9.87. The Balaban J connectivity index is 2.27. The molecule has 23 heavy (non-hydrogen) atoms. The second kappa shape index (κ2) is 10.8. The van der Waals surface area contributed by atoms with E-state index < -0.39 is 0 Å². The van der Waals surface area contributed by atoms with Gasteiger partial charge in [-0.1, -0.05) is 33.8 Å². The van der Waals surface area contributed by atoms with Crippen molar-refractivity contribution in [1.82, 2.24) is 5.32 Å². The molecule has 0 heterocycles. The fourth-order valence-corrected chi connectivity index (χ4v) is 4.70. The van der Waals surface area contributed by atoms with Crippen molar-refractivity contribution >= 4 is 11.8 Å². The molecule has 0 aromatic rings. The topological polar surface area (TPSA) is 38.0 Å². The maximum Gasteiger partial charge on any atom is 0.0102 e. The third-order valence-electron chi connectivity index (χ3n) is 5.41. The molecule has 136 valence electrons. The first-order chi connectivity index (χ1) is 10.9. The molecule has 2 nitrogen and oxygen atoms in total. The first-order valence-corrected chi connectivity index (χ1v) is 10.6. The molecule has 3 heteroatoms. The van der Waals surface area contributed by atoms with Gasteiger partial charge < -0.3 is 11.1 Å². The summed E-state index contributed by atoms with van der Waals surface area (Å²) < 4.78 is 0. The van der Waals surface area contributed by atoms with Crippen molar-refractivity contribution in [3.8, 4) is 0 Å². The number of hydrogen-bond donors (Lipinski definition) is 2. The zero-order valence-corrected chi connectivity index (χ0v) is 16.7. The molecule has 1 fully saturated rings. The van der Waals surface area contributed by atoms with Gasteiger partial charge in [0.05, 0.1) is 0 Å². The minimum absolute atomic E-state index is 0.545. The molecule has 0 aliphatic heterocycles. The highest BCUT2D eigenvalue weighted by Gasteiger charge is 2.37. The summed E-state index contributed by atoms with van der Waals surface area (Å²) >= 11 is 1.98. The van der Waals surface area contributed by atoms with E-state index >= 15 is 0 Å². The van der Waals surface area contributed by atoms with Gasteiger partial charge >= 0.3 is 0 Å². The van der Waals surface area contributed by atoms with Gasteiger partial charge in [0.15, 0.2) is 0 Å². The minimum atomic E-state index is 0.545.